The van der Waals surface area contributed by atoms with Crippen molar-refractivity contribution in [2.75, 3.05) is 13.1 Å². The minimum atomic E-state index is -0.328. The summed E-state index contributed by atoms with van der Waals surface area (Å²) >= 11 is 0. The number of aromatic nitrogens is 2. The number of likely N-dealkylation sites (tertiary alicyclic amines) is 1. The van der Waals surface area contributed by atoms with Gasteiger partial charge in [0, 0.05) is 24.1 Å². The van der Waals surface area contributed by atoms with Gasteiger partial charge >= 0.3 is 0 Å². The van der Waals surface area contributed by atoms with Crippen LogP contribution in [0.3, 0.4) is 0 Å². The number of benzene rings is 2. The summed E-state index contributed by atoms with van der Waals surface area (Å²) in [5.41, 5.74) is 4.00. The molecule has 1 saturated heterocycles. The number of nitrogens with zero attached hydrogens (tertiary/aromatic N) is 3. The van der Waals surface area contributed by atoms with Crippen molar-refractivity contribution in [3.05, 3.63) is 65.0 Å². The molecule has 1 aromatic heterocycles. The Morgan fingerprint density at radius 1 is 1.20 bits per heavy atom. The smallest absolute Gasteiger partial charge is 0.241 e. The molecule has 7 nitrogen and oxygen atoms in total. The van der Waals surface area contributed by atoms with E-state index in [9.17, 15) is 4.79 Å². The highest BCUT2D eigenvalue weighted by molar-refractivity contribution is 5.79. The van der Waals surface area contributed by atoms with Gasteiger partial charge in [-0.3, -0.25) is 9.69 Å². The van der Waals surface area contributed by atoms with Gasteiger partial charge in [-0.1, -0.05) is 47.1 Å². The van der Waals surface area contributed by atoms with E-state index in [0.717, 1.165) is 48.2 Å². The first kappa shape index (κ1) is 23.5. The fourth-order valence-corrected chi connectivity index (χ4v) is 5.25. The third-order valence-corrected chi connectivity index (χ3v) is 7.03. The number of rotatable bonds is 5. The molecule has 184 valence electrons. The number of nitrogens with one attached hydrogen (secondary N) is 1. The van der Waals surface area contributed by atoms with E-state index in [2.05, 4.69) is 53.3 Å². The Morgan fingerprint density at radius 3 is 2.86 bits per heavy atom. The minimum Gasteiger partial charge on any atom is -0.487 e. The number of fused-ring (bicyclic) bond motifs is 1. The highest BCUT2D eigenvalue weighted by Crippen LogP contribution is 2.40. The molecule has 0 aliphatic carbocycles. The standard InChI is InChI=1S/C28H34N4O3/c1-18-11-12-24-22(14-18)23(15-28(3,4)34-24)29-27(33)20-9-7-13-32(16-20)17-25-30-26(31-35-25)21-10-6-5-8-19(21)2/h5-6,8,10-12,14,20,23H,7,9,13,15-17H2,1-4H3,(H,29,33). The van der Waals surface area contributed by atoms with E-state index in [4.69, 9.17) is 9.26 Å². The van der Waals surface area contributed by atoms with Crippen LogP contribution in [0.1, 0.15) is 61.7 Å². The van der Waals surface area contributed by atoms with Crippen molar-refractivity contribution in [2.24, 2.45) is 5.92 Å². The van der Waals surface area contributed by atoms with Gasteiger partial charge in [-0.15, -0.1) is 0 Å². The molecule has 0 radical (unpaired) electrons. The predicted octanol–water partition coefficient (Wildman–Crippen LogP) is 4.98. The van der Waals surface area contributed by atoms with Crippen molar-refractivity contribution in [1.29, 1.82) is 0 Å². The topological polar surface area (TPSA) is 80.5 Å². The minimum absolute atomic E-state index is 0.0517. The van der Waals surface area contributed by atoms with Crippen LogP contribution in [-0.4, -0.2) is 39.6 Å². The van der Waals surface area contributed by atoms with Gasteiger partial charge < -0.3 is 14.6 Å². The van der Waals surface area contributed by atoms with Gasteiger partial charge in [0.15, 0.2) is 0 Å². The lowest BCUT2D eigenvalue weighted by Crippen LogP contribution is -2.46. The average Bonchev–Trinajstić information content (AvgIpc) is 3.27. The summed E-state index contributed by atoms with van der Waals surface area (Å²) in [6, 6.07) is 14.2. The van der Waals surface area contributed by atoms with Crippen LogP contribution in [0, 0.1) is 19.8 Å². The summed E-state index contributed by atoms with van der Waals surface area (Å²) in [6.45, 7) is 10.4. The maximum atomic E-state index is 13.4. The molecule has 7 heteroatoms. The molecule has 2 aliphatic heterocycles. The summed E-state index contributed by atoms with van der Waals surface area (Å²) < 4.78 is 11.7. The summed E-state index contributed by atoms with van der Waals surface area (Å²) in [5, 5.41) is 7.53. The fraction of sp³-hybridized carbons (Fsp3) is 0.464. The predicted molar refractivity (Wildman–Crippen MR) is 134 cm³/mol. The van der Waals surface area contributed by atoms with Crippen LogP contribution < -0.4 is 10.1 Å². The summed E-state index contributed by atoms with van der Waals surface area (Å²) in [6.07, 6.45) is 2.59. The van der Waals surface area contributed by atoms with Crippen LogP contribution in [0.15, 0.2) is 47.0 Å². The first-order valence-corrected chi connectivity index (χ1v) is 12.5. The molecule has 5 rings (SSSR count). The van der Waals surface area contributed by atoms with Gasteiger partial charge in [0.25, 0.3) is 0 Å². The van der Waals surface area contributed by atoms with Gasteiger partial charge in [-0.05, 0) is 58.7 Å². The molecule has 2 aromatic carbocycles. The molecule has 1 amide bonds. The van der Waals surface area contributed by atoms with Crippen LogP contribution >= 0.6 is 0 Å². The van der Waals surface area contributed by atoms with Gasteiger partial charge in [0.2, 0.25) is 17.6 Å². The molecular formula is C28H34N4O3. The molecule has 1 fully saturated rings. The molecule has 3 heterocycles. The monoisotopic (exact) mass is 474 g/mol. The quantitative estimate of drug-likeness (QED) is 0.562. The number of hydrogen-bond donors (Lipinski definition) is 1. The van der Waals surface area contributed by atoms with Crippen molar-refractivity contribution < 1.29 is 14.1 Å². The van der Waals surface area contributed by atoms with Gasteiger partial charge in [-0.25, -0.2) is 0 Å². The van der Waals surface area contributed by atoms with Crippen molar-refractivity contribution in [3.63, 3.8) is 0 Å². The molecular weight excluding hydrogens is 440 g/mol. The number of hydrogen-bond acceptors (Lipinski definition) is 6. The van der Waals surface area contributed by atoms with Crippen LogP contribution in [-0.2, 0) is 11.3 Å². The first-order valence-electron chi connectivity index (χ1n) is 12.5. The molecule has 2 unspecified atom stereocenters. The Hall–Kier alpha value is -3.19. The summed E-state index contributed by atoms with van der Waals surface area (Å²) in [5.74, 6) is 2.10. The first-order chi connectivity index (χ1) is 16.8. The number of carbonyl (C=O) groups is 1. The lowest BCUT2D eigenvalue weighted by molar-refractivity contribution is -0.128. The highest BCUT2D eigenvalue weighted by atomic mass is 16.5. The number of aryl methyl sites for hydroxylation is 2. The van der Waals surface area contributed by atoms with Crippen molar-refractivity contribution >= 4 is 5.91 Å². The normalized spacial score (nSPS) is 21.7. The van der Waals surface area contributed by atoms with E-state index in [1.807, 2.05) is 37.3 Å². The average molecular weight is 475 g/mol. The molecule has 0 spiro atoms. The number of ether oxygens (including phenoxy) is 1. The van der Waals surface area contributed by atoms with Crippen LogP contribution in [0.5, 0.6) is 5.75 Å². The third-order valence-electron chi connectivity index (χ3n) is 7.03. The zero-order valence-corrected chi connectivity index (χ0v) is 21.0. The third kappa shape index (κ3) is 5.25. The van der Waals surface area contributed by atoms with Gasteiger partial charge in [0.05, 0.1) is 18.5 Å². The van der Waals surface area contributed by atoms with E-state index in [1.54, 1.807) is 0 Å². The van der Waals surface area contributed by atoms with Crippen molar-refractivity contribution in [1.82, 2.24) is 20.4 Å². The molecule has 2 aliphatic rings. The largest absolute Gasteiger partial charge is 0.487 e. The van der Waals surface area contributed by atoms with Gasteiger partial charge in [0.1, 0.15) is 11.4 Å². The van der Waals surface area contributed by atoms with E-state index in [1.165, 1.54) is 5.56 Å². The molecule has 3 aromatic rings. The van der Waals surface area contributed by atoms with E-state index < -0.39 is 0 Å². The molecule has 0 saturated carbocycles. The maximum absolute atomic E-state index is 13.4. The molecule has 2 atom stereocenters. The Labute approximate surface area is 206 Å². The molecule has 1 N–H and O–H groups in total. The molecule has 35 heavy (non-hydrogen) atoms. The zero-order chi connectivity index (χ0) is 24.6. The second-order valence-electron chi connectivity index (χ2n) is 10.6. The lowest BCUT2D eigenvalue weighted by Gasteiger charge is -2.39. The molecule has 0 bridgehead atoms. The SMILES string of the molecule is Cc1ccc2c(c1)C(NC(=O)C1CCCN(Cc3nc(-c4ccccc4C)no3)C1)CC(C)(C)O2. The Bertz CT molecular complexity index is 1220. The van der Waals surface area contributed by atoms with Gasteiger partial charge in [-0.2, -0.15) is 4.98 Å². The van der Waals surface area contributed by atoms with Crippen molar-refractivity contribution in [3.8, 4) is 17.1 Å². The van der Waals surface area contributed by atoms with Crippen LogP contribution in [0.2, 0.25) is 0 Å². The lowest BCUT2D eigenvalue weighted by atomic mass is 9.88. The van der Waals surface area contributed by atoms with E-state index >= 15 is 0 Å². The highest BCUT2D eigenvalue weighted by Gasteiger charge is 2.36. The Balaban J connectivity index is 1.24. The maximum Gasteiger partial charge on any atom is 0.241 e. The number of amides is 1. The van der Waals surface area contributed by atoms with Crippen LogP contribution in [0.25, 0.3) is 11.4 Å². The Morgan fingerprint density at radius 2 is 2.03 bits per heavy atom. The number of piperidine rings is 1. The van der Waals surface area contributed by atoms with E-state index in [0.29, 0.717) is 24.8 Å². The second-order valence-corrected chi connectivity index (χ2v) is 10.6. The summed E-state index contributed by atoms with van der Waals surface area (Å²) in [7, 11) is 0. The summed E-state index contributed by atoms with van der Waals surface area (Å²) in [4.78, 5) is 20.2. The second kappa shape index (κ2) is 9.46. The number of carbonyl (C=O) groups excluding carboxylic acids is 1. The zero-order valence-electron chi connectivity index (χ0n) is 21.0. The van der Waals surface area contributed by atoms with Crippen LogP contribution in [0.4, 0.5) is 0 Å². The Kier molecular flexibility index (Phi) is 6.36. The van der Waals surface area contributed by atoms with Crippen molar-refractivity contribution in [2.45, 2.75) is 65.1 Å². The van der Waals surface area contributed by atoms with E-state index in [-0.39, 0.29) is 23.5 Å². The fourth-order valence-electron chi connectivity index (χ4n) is 5.25.